The van der Waals surface area contributed by atoms with Crippen LogP contribution in [0.25, 0.3) is 26.8 Å². The number of aromatic nitrogens is 1. The fourth-order valence-electron chi connectivity index (χ4n) is 4.38. The normalized spacial score (nSPS) is 19.0. The van der Waals surface area contributed by atoms with Crippen LogP contribution >= 0.6 is 11.3 Å². The second kappa shape index (κ2) is 7.17. The maximum atomic E-state index is 3.83. The van der Waals surface area contributed by atoms with Crippen LogP contribution < -0.4 is 10.6 Å². The topological polar surface area (TPSA) is 29.0 Å². The fraction of sp³-hybridized carbons (Fsp3) is 0.0769. The number of rotatable bonds is 3. The third-order valence-corrected chi connectivity index (χ3v) is 6.69. The molecule has 5 aromatic rings. The number of hydrogen-bond donors (Lipinski definition) is 2. The Balaban J connectivity index is 1.52. The van der Waals surface area contributed by atoms with E-state index in [9.17, 15) is 0 Å². The summed E-state index contributed by atoms with van der Waals surface area (Å²) in [7, 11) is 0. The Morgan fingerprint density at radius 1 is 0.733 bits per heavy atom. The van der Waals surface area contributed by atoms with E-state index in [4.69, 9.17) is 0 Å². The molecule has 0 spiro atoms. The third kappa shape index (κ3) is 2.84. The van der Waals surface area contributed by atoms with Crippen molar-refractivity contribution in [2.45, 2.75) is 12.3 Å². The van der Waals surface area contributed by atoms with Crippen LogP contribution in [0.3, 0.4) is 0 Å². The molecule has 30 heavy (non-hydrogen) atoms. The van der Waals surface area contributed by atoms with Crippen molar-refractivity contribution >= 4 is 38.2 Å². The summed E-state index contributed by atoms with van der Waals surface area (Å²) in [5.41, 5.74) is 4.85. The first-order valence-electron chi connectivity index (χ1n) is 10.2. The van der Waals surface area contributed by atoms with Crippen LogP contribution in [-0.4, -0.2) is 4.57 Å². The van der Waals surface area contributed by atoms with Crippen LogP contribution in [0.15, 0.2) is 102 Å². The molecule has 3 aromatic carbocycles. The van der Waals surface area contributed by atoms with Crippen molar-refractivity contribution in [2.75, 3.05) is 0 Å². The van der Waals surface area contributed by atoms with E-state index in [1.807, 2.05) is 0 Å². The van der Waals surface area contributed by atoms with Crippen molar-refractivity contribution in [3.63, 3.8) is 0 Å². The lowest BCUT2D eigenvalue weighted by Crippen LogP contribution is -2.42. The molecule has 3 nitrogen and oxygen atoms in total. The molecule has 1 aliphatic rings. The Morgan fingerprint density at radius 3 is 2.30 bits per heavy atom. The summed E-state index contributed by atoms with van der Waals surface area (Å²) in [6.45, 7) is 0. The largest absolute Gasteiger partial charge is 0.352 e. The zero-order valence-electron chi connectivity index (χ0n) is 16.3. The van der Waals surface area contributed by atoms with Crippen molar-refractivity contribution in [3.8, 4) is 0 Å². The fourth-order valence-corrected chi connectivity index (χ4v) is 5.34. The molecule has 0 saturated carbocycles. The standard InChI is InChI=1S/C26H21N3S/c1-3-9-18(10-4-1)22-17-23(19-11-5-2-6-12-19)28-26(27-22)29-24-14-8-7-13-20(24)21-15-16-30-25(21)29/h1-17,22,26-28H. The van der Waals surface area contributed by atoms with Gasteiger partial charge in [0.2, 0.25) is 0 Å². The molecule has 0 bridgehead atoms. The van der Waals surface area contributed by atoms with E-state index >= 15 is 0 Å². The van der Waals surface area contributed by atoms with Gasteiger partial charge in [-0.1, -0.05) is 78.9 Å². The van der Waals surface area contributed by atoms with Crippen LogP contribution in [0, 0.1) is 0 Å². The maximum Gasteiger partial charge on any atom is 0.161 e. The van der Waals surface area contributed by atoms with Gasteiger partial charge in [0.1, 0.15) is 4.83 Å². The molecule has 3 heterocycles. The van der Waals surface area contributed by atoms with Crippen LogP contribution in [0.4, 0.5) is 0 Å². The maximum absolute atomic E-state index is 3.83. The number of hydrogen-bond acceptors (Lipinski definition) is 3. The van der Waals surface area contributed by atoms with Crippen molar-refractivity contribution in [2.24, 2.45) is 0 Å². The number of fused-ring (bicyclic) bond motifs is 3. The van der Waals surface area contributed by atoms with Gasteiger partial charge in [-0.3, -0.25) is 9.88 Å². The first-order chi connectivity index (χ1) is 14.9. The lowest BCUT2D eigenvalue weighted by Gasteiger charge is -2.34. The smallest absolute Gasteiger partial charge is 0.161 e. The van der Waals surface area contributed by atoms with Crippen LogP contribution in [0.5, 0.6) is 0 Å². The lowest BCUT2D eigenvalue weighted by molar-refractivity contribution is 0.351. The summed E-state index contributed by atoms with van der Waals surface area (Å²) in [5, 5.41) is 12.4. The highest BCUT2D eigenvalue weighted by Crippen LogP contribution is 2.36. The molecule has 1 aliphatic heterocycles. The minimum absolute atomic E-state index is 0.0588. The molecular formula is C26H21N3S. The first-order valence-corrected chi connectivity index (χ1v) is 11.1. The predicted octanol–water partition coefficient (Wildman–Crippen LogP) is 6.29. The van der Waals surface area contributed by atoms with Gasteiger partial charge in [0.15, 0.2) is 6.29 Å². The summed E-state index contributed by atoms with van der Waals surface area (Å²) in [5.74, 6) is 0. The van der Waals surface area contributed by atoms with Gasteiger partial charge >= 0.3 is 0 Å². The zero-order valence-corrected chi connectivity index (χ0v) is 17.1. The number of benzene rings is 3. The van der Waals surface area contributed by atoms with Gasteiger partial charge in [-0.15, -0.1) is 11.3 Å². The van der Waals surface area contributed by atoms with Gasteiger partial charge in [-0.2, -0.15) is 0 Å². The minimum Gasteiger partial charge on any atom is -0.352 e. The van der Waals surface area contributed by atoms with Gasteiger partial charge in [0, 0.05) is 16.5 Å². The quantitative estimate of drug-likeness (QED) is 0.368. The van der Waals surface area contributed by atoms with Crippen molar-refractivity contribution in [1.82, 2.24) is 15.2 Å². The van der Waals surface area contributed by atoms with E-state index in [1.54, 1.807) is 11.3 Å². The highest BCUT2D eigenvalue weighted by Gasteiger charge is 2.26. The molecule has 0 radical (unpaired) electrons. The van der Waals surface area contributed by atoms with Crippen molar-refractivity contribution in [3.05, 3.63) is 114 Å². The van der Waals surface area contributed by atoms with Gasteiger partial charge in [-0.05, 0) is 34.7 Å². The molecule has 146 valence electrons. The van der Waals surface area contributed by atoms with Gasteiger partial charge < -0.3 is 5.32 Å². The summed E-state index contributed by atoms with van der Waals surface area (Å²) in [4.78, 5) is 1.28. The highest BCUT2D eigenvalue weighted by atomic mass is 32.1. The first kappa shape index (κ1) is 17.5. The number of nitrogens with one attached hydrogen (secondary N) is 2. The molecule has 2 atom stereocenters. The molecule has 0 fully saturated rings. The summed E-state index contributed by atoms with van der Waals surface area (Å²) >= 11 is 1.79. The van der Waals surface area contributed by atoms with E-state index in [0.29, 0.717) is 0 Å². The number of para-hydroxylation sites is 1. The van der Waals surface area contributed by atoms with Crippen molar-refractivity contribution in [1.29, 1.82) is 0 Å². The summed E-state index contributed by atoms with van der Waals surface area (Å²) in [6.07, 6.45) is 2.23. The summed E-state index contributed by atoms with van der Waals surface area (Å²) in [6, 6.07) is 32.2. The van der Waals surface area contributed by atoms with Gasteiger partial charge in [0.05, 0.1) is 11.6 Å². The van der Waals surface area contributed by atoms with E-state index < -0.39 is 0 Å². The molecular weight excluding hydrogens is 386 g/mol. The van der Waals surface area contributed by atoms with Crippen LogP contribution in [-0.2, 0) is 0 Å². The monoisotopic (exact) mass is 407 g/mol. The zero-order chi connectivity index (χ0) is 19.9. The molecule has 0 saturated heterocycles. The van der Waals surface area contributed by atoms with E-state index in [2.05, 4.69) is 118 Å². The van der Waals surface area contributed by atoms with Crippen molar-refractivity contribution < 1.29 is 0 Å². The van der Waals surface area contributed by atoms with E-state index in [1.165, 1.54) is 32.2 Å². The Morgan fingerprint density at radius 2 is 1.47 bits per heavy atom. The predicted molar refractivity (Wildman–Crippen MR) is 126 cm³/mol. The minimum atomic E-state index is -0.0588. The Labute approximate surface area is 179 Å². The second-order valence-corrected chi connectivity index (χ2v) is 8.47. The molecule has 2 N–H and O–H groups in total. The van der Waals surface area contributed by atoms with Gasteiger partial charge in [-0.25, -0.2) is 0 Å². The van der Waals surface area contributed by atoms with E-state index in [-0.39, 0.29) is 12.3 Å². The number of nitrogens with zero attached hydrogens (tertiary/aromatic N) is 1. The highest BCUT2D eigenvalue weighted by molar-refractivity contribution is 7.17. The third-order valence-electron chi connectivity index (χ3n) is 5.78. The Hall–Kier alpha value is -3.34. The molecule has 2 unspecified atom stereocenters. The van der Waals surface area contributed by atoms with Crippen LogP contribution in [0.1, 0.15) is 23.5 Å². The Bertz CT molecular complexity index is 1350. The summed E-state index contributed by atoms with van der Waals surface area (Å²) < 4.78 is 2.40. The van der Waals surface area contributed by atoms with E-state index in [0.717, 1.165) is 5.70 Å². The average molecular weight is 408 g/mol. The van der Waals surface area contributed by atoms with Crippen LogP contribution in [0.2, 0.25) is 0 Å². The number of thiophene rings is 1. The molecule has 4 heteroatoms. The Kier molecular flexibility index (Phi) is 4.18. The lowest BCUT2D eigenvalue weighted by atomic mass is 10.0. The average Bonchev–Trinajstić information content (AvgIpc) is 3.41. The molecule has 6 rings (SSSR count). The second-order valence-electron chi connectivity index (χ2n) is 7.57. The molecule has 0 aliphatic carbocycles. The van der Waals surface area contributed by atoms with Gasteiger partial charge in [0.25, 0.3) is 0 Å². The SMILES string of the molecule is C1=C(c2ccccc2)NC(n2c3ccccc3c3ccsc32)NC1c1ccccc1. The molecule has 0 amide bonds. The molecule has 2 aromatic heterocycles.